The van der Waals surface area contributed by atoms with Gasteiger partial charge in [-0.15, -0.1) is 0 Å². The summed E-state index contributed by atoms with van der Waals surface area (Å²) >= 11 is 0. The maximum atomic E-state index is 12.2. The Labute approximate surface area is 111 Å². The van der Waals surface area contributed by atoms with Gasteiger partial charge in [0.1, 0.15) is 11.5 Å². The fourth-order valence-corrected chi connectivity index (χ4v) is 2.30. The highest BCUT2D eigenvalue weighted by Crippen LogP contribution is 2.40. The molecule has 1 atom stereocenters. The molecule has 0 unspecified atom stereocenters. The van der Waals surface area contributed by atoms with E-state index >= 15 is 0 Å². The number of amides is 1. The minimum Gasteiger partial charge on any atom is -0.348 e. The third-order valence-corrected chi connectivity index (χ3v) is 3.56. The minimum atomic E-state index is -0.140. The van der Waals surface area contributed by atoms with Crippen molar-refractivity contribution >= 4 is 5.91 Å². The Morgan fingerprint density at radius 1 is 1.53 bits per heavy atom. The summed E-state index contributed by atoms with van der Waals surface area (Å²) in [4.78, 5) is 23.6. The summed E-state index contributed by atoms with van der Waals surface area (Å²) in [5, 5.41) is 3.06. The number of aromatic amines is 1. The first-order valence-electron chi connectivity index (χ1n) is 6.45. The molecule has 3 rings (SSSR count). The topological polar surface area (TPSA) is 75.6 Å². The lowest BCUT2D eigenvalue weighted by molar-refractivity contribution is 0.0923. The van der Waals surface area contributed by atoms with Crippen molar-refractivity contribution in [3.63, 3.8) is 0 Å². The summed E-state index contributed by atoms with van der Waals surface area (Å²) in [5.41, 5.74) is 1.24. The summed E-state index contributed by atoms with van der Waals surface area (Å²) in [6.45, 7) is 1.84. The van der Waals surface area contributed by atoms with Gasteiger partial charge in [0, 0.05) is 25.1 Å². The van der Waals surface area contributed by atoms with Gasteiger partial charge >= 0.3 is 0 Å². The van der Waals surface area contributed by atoms with Crippen molar-refractivity contribution in [3.05, 3.63) is 35.9 Å². The average Bonchev–Trinajstić information content (AvgIpc) is 3.00. The third-order valence-electron chi connectivity index (χ3n) is 3.56. The first kappa shape index (κ1) is 12.0. The van der Waals surface area contributed by atoms with E-state index in [2.05, 4.69) is 20.3 Å². The van der Waals surface area contributed by atoms with Crippen LogP contribution in [0.5, 0.6) is 0 Å². The van der Waals surface area contributed by atoms with Gasteiger partial charge in [0.25, 0.3) is 5.91 Å². The van der Waals surface area contributed by atoms with E-state index in [9.17, 15) is 4.79 Å². The Hall–Kier alpha value is -2.11. The van der Waals surface area contributed by atoms with Crippen LogP contribution < -0.4 is 5.32 Å². The van der Waals surface area contributed by atoms with Crippen LogP contribution in [0.4, 0.5) is 0 Å². The molecule has 0 aromatic carbocycles. The maximum absolute atomic E-state index is 12.2. The number of hydrogen-bond acceptors (Lipinski definition) is 3. The van der Waals surface area contributed by atoms with Gasteiger partial charge in [0.05, 0.1) is 12.4 Å². The second kappa shape index (κ2) is 4.53. The highest BCUT2D eigenvalue weighted by molar-refractivity contribution is 5.93. The van der Waals surface area contributed by atoms with Crippen molar-refractivity contribution in [1.82, 2.24) is 24.8 Å². The Morgan fingerprint density at radius 3 is 2.84 bits per heavy atom. The summed E-state index contributed by atoms with van der Waals surface area (Å²) in [6.07, 6.45) is 7.47. The zero-order chi connectivity index (χ0) is 13.4. The monoisotopic (exact) mass is 259 g/mol. The standard InChI is InChI=1S/C13H17N5O/c1-8-10(16-7-15-8)13(19)17-11(9-3-4-9)12-14-5-6-18(12)2/h5-7,9,11H,3-4H2,1-2H3,(H,15,16)(H,17,19)/t11-/m0/s1. The molecule has 0 radical (unpaired) electrons. The molecule has 1 aliphatic carbocycles. The van der Waals surface area contributed by atoms with Gasteiger partial charge in [-0.1, -0.05) is 0 Å². The molecule has 1 amide bonds. The normalized spacial score (nSPS) is 16.3. The predicted octanol–water partition coefficient (Wildman–Crippen LogP) is 1.33. The lowest BCUT2D eigenvalue weighted by Gasteiger charge is -2.17. The van der Waals surface area contributed by atoms with Crippen LogP contribution in [-0.2, 0) is 7.05 Å². The fraction of sp³-hybridized carbons (Fsp3) is 0.462. The smallest absolute Gasteiger partial charge is 0.272 e. The van der Waals surface area contributed by atoms with E-state index in [1.165, 1.54) is 6.33 Å². The quantitative estimate of drug-likeness (QED) is 0.869. The predicted molar refractivity (Wildman–Crippen MR) is 69.5 cm³/mol. The number of aromatic nitrogens is 4. The summed E-state index contributed by atoms with van der Waals surface area (Å²) in [7, 11) is 1.95. The summed E-state index contributed by atoms with van der Waals surface area (Å²) in [6, 6.07) is -0.0244. The van der Waals surface area contributed by atoms with Crippen LogP contribution in [0.2, 0.25) is 0 Å². The number of aryl methyl sites for hydroxylation is 2. The largest absolute Gasteiger partial charge is 0.348 e. The van der Waals surface area contributed by atoms with E-state index in [0.29, 0.717) is 11.6 Å². The number of nitrogens with zero attached hydrogens (tertiary/aromatic N) is 3. The van der Waals surface area contributed by atoms with Gasteiger partial charge in [-0.3, -0.25) is 4.79 Å². The molecule has 0 spiro atoms. The van der Waals surface area contributed by atoms with Crippen molar-refractivity contribution < 1.29 is 4.79 Å². The molecule has 0 saturated heterocycles. The van der Waals surface area contributed by atoms with Crippen LogP contribution in [0, 0.1) is 12.8 Å². The molecule has 0 aliphatic heterocycles. The van der Waals surface area contributed by atoms with E-state index < -0.39 is 0 Å². The van der Waals surface area contributed by atoms with E-state index in [0.717, 1.165) is 24.4 Å². The van der Waals surface area contributed by atoms with Crippen LogP contribution in [0.25, 0.3) is 0 Å². The summed E-state index contributed by atoms with van der Waals surface area (Å²) < 4.78 is 1.96. The Bertz CT molecular complexity index is 596. The van der Waals surface area contributed by atoms with Gasteiger partial charge < -0.3 is 14.9 Å². The first-order chi connectivity index (χ1) is 9.16. The molecule has 2 N–H and O–H groups in total. The molecule has 6 heteroatoms. The van der Waals surface area contributed by atoms with Gasteiger partial charge in [-0.25, -0.2) is 9.97 Å². The molecule has 2 aromatic rings. The Balaban J connectivity index is 1.81. The molecule has 100 valence electrons. The second-order valence-electron chi connectivity index (χ2n) is 5.06. The van der Waals surface area contributed by atoms with Gasteiger partial charge in [-0.05, 0) is 25.7 Å². The zero-order valence-corrected chi connectivity index (χ0v) is 11.1. The van der Waals surface area contributed by atoms with Crippen LogP contribution >= 0.6 is 0 Å². The number of imidazole rings is 2. The highest BCUT2D eigenvalue weighted by Gasteiger charge is 2.36. The molecule has 19 heavy (non-hydrogen) atoms. The number of hydrogen-bond donors (Lipinski definition) is 2. The molecule has 0 bridgehead atoms. The lowest BCUT2D eigenvalue weighted by Crippen LogP contribution is -2.32. The number of rotatable bonds is 4. The Morgan fingerprint density at radius 2 is 2.32 bits per heavy atom. The van der Waals surface area contributed by atoms with E-state index in [1.807, 2.05) is 24.7 Å². The van der Waals surface area contributed by atoms with Crippen molar-refractivity contribution in [1.29, 1.82) is 0 Å². The highest BCUT2D eigenvalue weighted by atomic mass is 16.2. The molecule has 2 aromatic heterocycles. The average molecular weight is 259 g/mol. The van der Waals surface area contributed by atoms with Crippen molar-refractivity contribution in [3.8, 4) is 0 Å². The zero-order valence-electron chi connectivity index (χ0n) is 11.1. The third kappa shape index (κ3) is 2.25. The number of carbonyl (C=O) groups is 1. The van der Waals surface area contributed by atoms with Gasteiger partial charge in [0.2, 0.25) is 0 Å². The first-order valence-corrected chi connectivity index (χ1v) is 6.45. The van der Waals surface area contributed by atoms with Crippen LogP contribution in [0.3, 0.4) is 0 Å². The molecule has 6 nitrogen and oxygen atoms in total. The molecule has 2 heterocycles. The van der Waals surface area contributed by atoms with Crippen molar-refractivity contribution in [2.24, 2.45) is 13.0 Å². The van der Waals surface area contributed by atoms with E-state index in [1.54, 1.807) is 6.20 Å². The van der Waals surface area contributed by atoms with Crippen molar-refractivity contribution in [2.75, 3.05) is 0 Å². The molecule has 1 aliphatic rings. The lowest BCUT2D eigenvalue weighted by atomic mass is 10.1. The Kier molecular flexibility index (Phi) is 2.85. The molecule has 1 saturated carbocycles. The van der Waals surface area contributed by atoms with Crippen LogP contribution in [0.15, 0.2) is 18.7 Å². The van der Waals surface area contributed by atoms with Gasteiger partial charge in [-0.2, -0.15) is 0 Å². The van der Waals surface area contributed by atoms with Gasteiger partial charge in [0.15, 0.2) is 0 Å². The van der Waals surface area contributed by atoms with Crippen LogP contribution in [-0.4, -0.2) is 25.4 Å². The maximum Gasteiger partial charge on any atom is 0.272 e. The molecular formula is C13H17N5O. The second-order valence-corrected chi connectivity index (χ2v) is 5.06. The molecular weight excluding hydrogens is 242 g/mol. The molecule has 1 fully saturated rings. The summed E-state index contributed by atoms with van der Waals surface area (Å²) in [5.74, 6) is 1.26. The number of nitrogens with one attached hydrogen (secondary N) is 2. The fourth-order valence-electron chi connectivity index (χ4n) is 2.30. The minimum absolute atomic E-state index is 0.0244. The van der Waals surface area contributed by atoms with Crippen molar-refractivity contribution in [2.45, 2.75) is 25.8 Å². The van der Waals surface area contributed by atoms with E-state index in [4.69, 9.17) is 0 Å². The number of H-pyrrole nitrogens is 1. The van der Waals surface area contributed by atoms with Crippen LogP contribution in [0.1, 0.15) is 40.9 Å². The SMILES string of the molecule is Cc1[nH]cnc1C(=O)N[C@H](c1nccn1C)C1CC1. The number of carbonyl (C=O) groups excluding carboxylic acids is 1. The van der Waals surface area contributed by atoms with E-state index in [-0.39, 0.29) is 11.9 Å².